The predicted octanol–water partition coefficient (Wildman–Crippen LogP) is 5.81. The number of nitrogens with zero attached hydrogens (tertiary/aromatic N) is 1. The highest BCUT2D eigenvalue weighted by atomic mass is 32.1. The van der Waals surface area contributed by atoms with Crippen molar-refractivity contribution in [2.24, 2.45) is 0 Å². The Morgan fingerprint density at radius 1 is 1.14 bits per heavy atom. The van der Waals surface area contributed by atoms with Crippen LogP contribution >= 0.6 is 22.7 Å². The molecular formula is C23H24N2OS2. The number of ketones is 1. The number of hydrogen-bond donors (Lipinski definition) is 1. The third-order valence-corrected chi connectivity index (χ3v) is 7.83. The molecule has 0 bridgehead atoms. The van der Waals surface area contributed by atoms with Gasteiger partial charge in [-0.25, -0.2) is 0 Å². The summed E-state index contributed by atoms with van der Waals surface area (Å²) in [4.78, 5) is 15.5. The molecule has 2 aromatic heterocycles. The fourth-order valence-corrected chi connectivity index (χ4v) is 6.28. The second-order valence-corrected chi connectivity index (χ2v) is 9.67. The van der Waals surface area contributed by atoms with E-state index in [2.05, 4.69) is 23.1 Å². The Labute approximate surface area is 173 Å². The molecule has 1 fully saturated rings. The summed E-state index contributed by atoms with van der Waals surface area (Å²) >= 11 is 3.19. The van der Waals surface area contributed by atoms with Crippen LogP contribution in [0.2, 0.25) is 0 Å². The summed E-state index contributed by atoms with van der Waals surface area (Å²) in [5.74, 6) is 0.0887. The van der Waals surface area contributed by atoms with Gasteiger partial charge in [-0.1, -0.05) is 12.5 Å². The van der Waals surface area contributed by atoms with Gasteiger partial charge in [-0.15, -0.1) is 11.3 Å². The Morgan fingerprint density at radius 2 is 2.07 bits per heavy atom. The van der Waals surface area contributed by atoms with E-state index in [1.54, 1.807) is 22.7 Å². The van der Waals surface area contributed by atoms with Gasteiger partial charge in [0.05, 0.1) is 5.00 Å². The Morgan fingerprint density at radius 3 is 2.93 bits per heavy atom. The topological polar surface area (TPSA) is 46.3 Å². The van der Waals surface area contributed by atoms with E-state index in [1.807, 2.05) is 22.9 Å². The average molecular weight is 409 g/mol. The minimum Gasteiger partial charge on any atom is -0.390 e. The minimum atomic E-state index is 0.0887. The Hall–Kier alpha value is -1.95. The molecule has 144 valence electrons. The zero-order valence-electron chi connectivity index (χ0n) is 15.8. The third kappa shape index (κ3) is 3.21. The molecule has 1 saturated heterocycles. The normalized spacial score (nSPS) is 20.6. The van der Waals surface area contributed by atoms with Crippen molar-refractivity contribution in [2.75, 3.05) is 18.8 Å². The van der Waals surface area contributed by atoms with Crippen molar-refractivity contribution in [2.45, 2.75) is 38.1 Å². The van der Waals surface area contributed by atoms with E-state index in [-0.39, 0.29) is 5.78 Å². The minimum absolute atomic E-state index is 0.0887. The van der Waals surface area contributed by atoms with Crippen molar-refractivity contribution < 1.29 is 4.79 Å². The average Bonchev–Trinajstić information content (AvgIpc) is 3.30. The predicted molar refractivity (Wildman–Crippen MR) is 120 cm³/mol. The fraction of sp³-hybridized carbons (Fsp3) is 0.348. The van der Waals surface area contributed by atoms with Crippen LogP contribution in [0.5, 0.6) is 0 Å². The third-order valence-electron chi connectivity index (χ3n) is 6.15. The number of allylic oxidation sites excluding steroid dienone is 1. The van der Waals surface area contributed by atoms with E-state index < -0.39 is 0 Å². The first-order chi connectivity index (χ1) is 13.7. The van der Waals surface area contributed by atoms with Gasteiger partial charge in [0.15, 0.2) is 5.78 Å². The number of nitrogen functional groups attached to an aromatic ring is 1. The number of carbonyl (C=O) groups is 1. The standard InChI is InChI=1S/C23H24N2OS2/c24-23-21(15-4-6-18-3-1-2-10-25(18)11-8-15)19-13-16(5-7-20(19)28-23)22(26)17-9-12-27-14-17/h5,7-9,12-14,18H,1-4,6,10-11,24H2. The van der Waals surface area contributed by atoms with Gasteiger partial charge in [-0.2, -0.15) is 11.3 Å². The molecule has 0 aliphatic carbocycles. The second kappa shape index (κ2) is 7.47. The lowest BCUT2D eigenvalue weighted by atomic mass is 9.94. The van der Waals surface area contributed by atoms with Crippen molar-refractivity contribution in [3.05, 3.63) is 57.8 Å². The summed E-state index contributed by atoms with van der Waals surface area (Å²) in [5.41, 5.74) is 10.5. The van der Waals surface area contributed by atoms with E-state index >= 15 is 0 Å². The summed E-state index contributed by atoms with van der Waals surface area (Å²) < 4.78 is 1.16. The van der Waals surface area contributed by atoms with Crippen molar-refractivity contribution >= 4 is 49.1 Å². The van der Waals surface area contributed by atoms with Gasteiger partial charge >= 0.3 is 0 Å². The zero-order valence-corrected chi connectivity index (χ0v) is 17.5. The zero-order chi connectivity index (χ0) is 19.1. The fourth-order valence-electron chi connectivity index (χ4n) is 4.66. The monoisotopic (exact) mass is 408 g/mol. The molecule has 28 heavy (non-hydrogen) atoms. The SMILES string of the molecule is Nc1sc2ccc(C(=O)c3ccsc3)cc2c1C1=CCN2CCCCC2CC1. The molecule has 1 aromatic carbocycles. The van der Waals surface area contributed by atoms with Gasteiger partial charge < -0.3 is 5.73 Å². The van der Waals surface area contributed by atoms with Crippen LogP contribution in [0.3, 0.4) is 0 Å². The molecular weight excluding hydrogens is 384 g/mol. The molecule has 3 aromatic rings. The number of piperidine rings is 1. The van der Waals surface area contributed by atoms with E-state index in [4.69, 9.17) is 5.73 Å². The van der Waals surface area contributed by atoms with E-state index in [1.165, 1.54) is 43.4 Å². The summed E-state index contributed by atoms with van der Waals surface area (Å²) in [6.07, 6.45) is 8.65. The van der Waals surface area contributed by atoms with Crippen LogP contribution in [0, 0.1) is 0 Å². The molecule has 0 amide bonds. The Balaban J connectivity index is 1.53. The number of hydrogen-bond acceptors (Lipinski definition) is 5. The Bertz CT molecular complexity index is 1050. The molecule has 0 spiro atoms. The van der Waals surface area contributed by atoms with Crippen LogP contribution in [-0.4, -0.2) is 29.8 Å². The molecule has 2 N–H and O–H groups in total. The highest BCUT2D eigenvalue weighted by molar-refractivity contribution is 7.23. The molecule has 5 heteroatoms. The summed E-state index contributed by atoms with van der Waals surface area (Å²) in [6.45, 7) is 2.23. The number of anilines is 1. The second-order valence-electron chi connectivity index (χ2n) is 7.81. The summed E-state index contributed by atoms with van der Waals surface area (Å²) in [6, 6.07) is 8.65. The first kappa shape index (κ1) is 18.1. The van der Waals surface area contributed by atoms with E-state index in [0.29, 0.717) is 6.04 Å². The van der Waals surface area contributed by atoms with Crippen LogP contribution < -0.4 is 5.73 Å². The highest BCUT2D eigenvalue weighted by Crippen LogP contribution is 2.41. The van der Waals surface area contributed by atoms with Crippen LogP contribution in [0.1, 0.15) is 53.6 Å². The first-order valence-electron chi connectivity index (χ1n) is 10.0. The summed E-state index contributed by atoms with van der Waals surface area (Å²) in [7, 11) is 0. The maximum absolute atomic E-state index is 12.8. The number of thiophene rings is 2. The number of fused-ring (bicyclic) bond motifs is 2. The van der Waals surface area contributed by atoms with Gasteiger partial charge in [0.25, 0.3) is 0 Å². The van der Waals surface area contributed by atoms with Crippen molar-refractivity contribution in [1.29, 1.82) is 0 Å². The molecule has 2 aliphatic rings. The quantitative estimate of drug-likeness (QED) is 0.557. The number of nitrogens with two attached hydrogens (primary N) is 1. The molecule has 2 aliphatic heterocycles. The van der Waals surface area contributed by atoms with Gasteiger partial charge in [0.1, 0.15) is 0 Å². The Kier molecular flexibility index (Phi) is 4.83. The van der Waals surface area contributed by atoms with Crippen molar-refractivity contribution in [3.8, 4) is 0 Å². The summed E-state index contributed by atoms with van der Waals surface area (Å²) in [5, 5.41) is 5.88. The van der Waals surface area contributed by atoms with Crippen LogP contribution in [-0.2, 0) is 0 Å². The number of benzene rings is 1. The maximum Gasteiger partial charge on any atom is 0.193 e. The lowest BCUT2D eigenvalue weighted by Crippen LogP contribution is -2.38. The van der Waals surface area contributed by atoms with Crippen LogP contribution in [0.15, 0.2) is 41.1 Å². The van der Waals surface area contributed by atoms with Crippen LogP contribution in [0.25, 0.3) is 15.7 Å². The van der Waals surface area contributed by atoms with Gasteiger partial charge in [-0.05, 0) is 67.4 Å². The lowest BCUT2D eigenvalue weighted by molar-refractivity contribution is 0.103. The molecule has 4 heterocycles. The molecule has 5 rings (SSSR count). The van der Waals surface area contributed by atoms with Gasteiger partial charge in [0.2, 0.25) is 0 Å². The molecule has 3 nitrogen and oxygen atoms in total. The van der Waals surface area contributed by atoms with E-state index in [9.17, 15) is 4.79 Å². The first-order valence-corrected chi connectivity index (χ1v) is 11.8. The molecule has 1 unspecified atom stereocenters. The van der Waals surface area contributed by atoms with Gasteiger partial charge in [-0.3, -0.25) is 9.69 Å². The maximum atomic E-state index is 12.8. The molecule has 1 atom stereocenters. The molecule has 0 saturated carbocycles. The van der Waals surface area contributed by atoms with Gasteiger partial charge in [0, 0.05) is 44.7 Å². The smallest absolute Gasteiger partial charge is 0.193 e. The number of carbonyl (C=O) groups excluding carboxylic acids is 1. The van der Waals surface area contributed by atoms with Crippen molar-refractivity contribution in [1.82, 2.24) is 4.90 Å². The highest BCUT2D eigenvalue weighted by Gasteiger charge is 2.26. The largest absolute Gasteiger partial charge is 0.390 e. The van der Waals surface area contributed by atoms with E-state index in [0.717, 1.165) is 39.2 Å². The molecule has 0 radical (unpaired) electrons. The lowest BCUT2D eigenvalue weighted by Gasteiger charge is -2.33. The number of rotatable bonds is 3. The van der Waals surface area contributed by atoms with Crippen LogP contribution in [0.4, 0.5) is 5.00 Å². The van der Waals surface area contributed by atoms with Crippen molar-refractivity contribution in [3.63, 3.8) is 0 Å².